The lowest BCUT2D eigenvalue weighted by molar-refractivity contribution is -0.127. The second-order valence-electron chi connectivity index (χ2n) is 6.42. The lowest BCUT2D eigenvalue weighted by Gasteiger charge is -2.30. The van der Waals surface area contributed by atoms with E-state index in [2.05, 4.69) is 5.32 Å². The molecule has 0 radical (unpaired) electrons. The van der Waals surface area contributed by atoms with Crippen molar-refractivity contribution in [3.8, 4) is 0 Å². The summed E-state index contributed by atoms with van der Waals surface area (Å²) in [6.45, 7) is 1.71. The van der Waals surface area contributed by atoms with Crippen molar-refractivity contribution in [1.29, 1.82) is 0 Å². The molecule has 0 bridgehead atoms. The maximum Gasteiger partial charge on any atom is 0.255 e. The summed E-state index contributed by atoms with van der Waals surface area (Å²) in [6, 6.07) is 10.0. The fourth-order valence-corrected chi connectivity index (χ4v) is 3.49. The molecule has 1 unspecified atom stereocenters. The quantitative estimate of drug-likeness (QED) is 0.874. The molecule has 1 fully saturated rings. The lowest BCUT2D eigenvalue weighted by Crippen LogP contribution is -2.40. The topological polar surface area (TPSA) is 61.6 Å². The number of nitrogens with two attached hydrogens (primary N) is 1. The Hall–Kier alpha value is -2.69. The first-order valence-corrected chi connectivity index (χ1v) is 8.53. The van der Waals surface area contributed by atoms with Crippen LogP contribution in [0.25, 0.3) is 5.70 Å². The Bertz CT molecular complexity index is 729. The first-order valence-electron chi connectivity index (χ1n) is 8.53. The van der Waals surface area contributed by atoms with Crippen LogP contribution >= 0.6 is 0 Å². The summed E-state index contributed by atoms with van der Waals surface area (Å²) in [5, 5.41) is 3.42. The van der Waals surface area contributed by atoms with E-state index >= 15 is 0 Å². The predicted molar refractivity (Wildman–Crippen MR) is 94.0 cm³/mol. The van der Waals surface area contributed by atoms with Gasteiger partial charge in [-0.15, -0.1) is 0 Å². The van der Waals surface area contributed by atoms with Gasteiger partial charge in [-0.25, -0.2) is 0 Å². The number of nitrogens with one attached hydrogen (secondary N) is 1. The van der Waals surface area contributed by atoms with Gasteiger partial charge >= 0.3 is 0 Å². The summed E-state index contributed by atoms with van der Waals surface area (Å²) in [7, 11) is 0. The fraction of sp³-hybridized carbons (Fsp3) is 0.316. The van der Waals surface area contributed by atoms with Gasteiger partial charge in [0, 0.05) is 24.9 Å². The monoisotopic (exact) mass is 322 g/mol. The highest BCUT2D eigenvalue weighted by atomic mass is 16.2. The molecule has 4 rings (SSSR count). The van der Waals surface area contributed by atoms with E-state index in [1.165, 1.54) is 6.42 Å². The summed E-state index contributed by atoms with van der Waals surface area (Å²) < 4.78 is 0. The minimum atomic E-state index is -0.0295. The number of fused-ring (bicyclic) bond motifs is 1. The second-order valence-corrected chi connectivity index (χ2v) is 6.42. The third-order valence-corrected chi connectivity index (χ3v) is 4.82. The first kappa shape index (κ1) is 14.9. The van der Waals surface area contributed by atoms with Crippen molar-refractivity contribution in [1.82, 2.24) is 15.1 Å². The summed E-state index contributed by atoms with van der Waals surface area (Å²) in [4.78, 5) is 16.6. The molecule has 1 atom stereocenters. The summed E-state index contributed by atoms with van der Waals surface area (Å²) in [5.74, 6) is 0.754. The largest absolute Gasteiger partial charge is 0.383 e. The maximum atomic E-state index is 12.7. The van der Waals surface area contributed by atoms with Gasteiger partial charge in [-0.1, -0.05) is 30.3 Å². The Balaban J connectivity index is 1.59. The van der Waals surface area contributed by atoms with Crippen LogP contribution in [0.2, 0.25) is 0 Å². The summed E-state index contributed by atoms with van der Waals surface area (Å²) in [6.07, 6.45) is 9.16. The number of rotatable bonds is 2. The second kappa shape index (κ2) is 6.07. The molecule has 24 heavy (non-hydrogen) atoms. The molecule has 1 amide bonds. The molecule has 1 aromatic carbocycles. The van der Waals surface area contributed by atoms with E-state index < -0.39 is 0 Å². The number of likely N-dealkylation sites (tertiary alicyclic amines) is 1. The number of benzene rings is 1. The van der Waals surface area contributed by atoms with Gasteiger partial charge in [0.2, 0.25) is 0 Å². The van der Waals surface area contributed by atoms with E-state index in [0.717, 1.165) is 37.2 Å². The molecule has 1 saturated heterocycles. The highest BCUT2D eigenvalue weighted by Crippen LogP contribution is 2.29. The average Bonchev–Trinajstić information content (AvgIpc) is 2.99. The van der Waals surface area contributed by atoms with Gasteiger partial charge in [0.05, 0.1) is 11.3 Å². The van der Waals surface area contributed by atoms with E-state index in [9.17, 15) is 4.79 Å². The highest BCUT2D eigenvalue weighted by molar-refractivity contribution is 5.96. The minimum absolute atomic E-state index is 0.0295. The van der Waals surface area contributed by atoms with Gasteiger partial charge in [0.15, 0.2) is 0 Å². The number of carbonyl (C=O) groups excluding carboxylic acids is 1. The van der Waals surface area contributed by atoms with Gasteiger partial charge in [-0.3, -0.25) is 4.79 Å². The van der Waals surface area contributed by atoms with Crippen molar-refractivity contribution >= 4 is 11.6 Å². The standard InChI is InChI=1S/C19H22N4O/c20-18-17(14-7-3-1-4-8-14)21-16-10-9-15(13-23(16)18)19(24)22-11-5-2-6-12-22/h1,3-4,7-10,13,16,21H,2,5-6,11-12,20H2. The zero-order chi connectivity index (χ0) is 16.5. The van der Waals surface area contributed by atoms with Crippen LogP contribution < -0.4 is 11.1 Å². The molecule has 3 heterocycles. The number of piperidine rings is 1. The van der Waals surface area contributed by atoms with Crippen LogP contribution in [0.4, 0.5) is 0 Å². The highest BCUT2D eigenvalue weighted by Gasteiger charge is 2.31. The molecule has 1 aromatic rings. The molecule has 3 aliphatic heterocycles. The SMILES string of the molecule is NC1=C(c2ccccc2)NC2C=CC(C(=O)N3CCCCC3)=CN12. The normalized spacial score (nSPS) is 23.0. The van der Waals surface area contributed by atoms with Crippen LogP contribution in [-0.4, -0.2) is 35.0 Å². The summed E-state index contributed by atoms with van der Waals surface area (Å²) >= 11 is 0. The Morgan fingerprint density at radius 2 is 1.88 bits per heavy atom. The number of amides is 1. The lowest BCUT2D eigenvalue weighted by atomic mass is 10.1. The van der Waals surface area contributed by atoms with Crippen molar-refractivity contribution in [2.75, 3.05) is 13.1 Å². The van der Waals surface area contributed by atoms with Crippen molar-refractivity contribution in [3.63, 3.8) is 0 Å². The predicted octanol–water partition coefficient (Wildman–Crippen LogP) is 1.97. The Labute approximate surface area is 142 Å². The van der Waals surface area contributed by atoms with Crippen LogP contribution in [0.15, 0.2) is 60.1 Å². The number of nitrogens with zero attached hydrogens (tertiary/aromatic N) is 2. The number of hydrogen-bond acceptors (Lipinski definition) is 4. The number of carbonyl (C=O) groups is 1. The van der Waals surface area contributed by atoms with E-state index in [1.54, 1.807) is 0 Å². The first-order chi connectivity index (χ1) is 11.7. The third-order valence-electron chi connectivity index (χ3n) is 4.82. The number of hydrogen-bond donors (Lipinski definition) is 2. The Morgan fingerprint density at radius 1 is 1.12 bits per heavy atom. The molecular formula is C19H22N4O. The van der Waals surface area contributed by atoms with Gasteiger partial charge in [-0.05, 0) is 31.4 Å². The van der Waals surface area contributed by atoms with E-state index in [4.69, 9.17) is 5.73 Å². The van der Waals surface area contributed by atoms with Crippen LogP contribution in [0, 0.1) is 0 Å². The molecule has 0 spiro atoms. The Morgan fingerprint density at radius 3 is 2.62 bits per heavy atom. The minimum Gasteiger partial charge on any atom is -0.383 e. The zero-order valence-corrected chi connectivity index (χ0v) is 13.6. The van der Waals surface area contributed by atoms with Crippen molar-refractivity contribution < 1.29 is 4.79 Å². The smallest absolute Gasteiger partial charge is 0.255 e. The van der Waals surface area contributed by atoms with Gasteiger partial charge < -0.3 is 20.9 Å². The average molecular weight is 322 g/mol. The fourth-order valence-electron chi connectivity index (χ4n) is 3.49. The summed E-state index contributed by atoms with van der Waals surface area (Å²) in [5.41, 5.74) is 9.01. The third kappa shape index (κ3) is 2.56. The van der Waals surface area contributed by atoms with Crippen LogP contribution in [0.5, 0.6) is 0 Å². The molecule has 0 saturated carbocycles. The molecule has 5 heteroatoms. The van der Waals surface area contributed by atoms with Gasteiger partial charge in [0.25, 0.3) is 5.91 Å². The van der Waals surface area contributed by atoms with Gasteiger partial charge in [-0.2, -0.15) is 0 Å². The van der Waals surface area contributed by atoms with Crippen LogP contribution in [-0.2, 0) is 4.79 Å². The maximum absolute atomic E-state index is 12.7. The zero-order valence-electron chi connectivity index (χ0n) is 13.6. The van der Waals surface area contributed by atoms with E-state index in [1.807, 2.05) is 58.5 Å². The molecule has 0 aliphatic carbocycles. The Kier molecular flexibility index (Phi) is 3.76. The molecule has 0 aromatic heterocycles. The van der Waals surface area contributed by atoms with Crippen molar-refractivity contribution in [2.24, 2.45) is 5.73 Å². The van der Waals surface area contributed by atoms with Gasteiger partial charge in [0.1, 0.15) is 12.0 Å². The molecule has 3 aliphatic rings. The molecular weight excluding hydrogens is 300 g/mol. The molecule has 3 N–H and O–H groups in total. The van der Waals surface area contributed by atoms with E-state index in [0.29, 0.717) is 11.4 Å². The molecule has 5 nitrogen and oxygen atoms in total. The van der Waals surface area contributed by atoms with Crippen LogP contribution in [0.3, 0.4) is 0 Å². The molecule has 124 valence electrons. The van der Waals surface area contributed by atoms with Crippen molar-refractivity contribution in [2.45, 2.75) is 25.4 Å². The van der Waals surface area contributed by atoms with Crippen LogP contribution in [0.1, 0.15) is 24.8 Å². The van der Waals surface area contributed by atoms with E-state index in [-0.39, 0.29) is 12.1 Å². The van der Waals surface area contributed by atoms with Crippen molar-refractivity contribution in [3.05, 3.63) is 65.6 Å².